The van der Waals surface area contributed by atoms with Crippen LogP contribution in [0.1, 0.15) is 69.9 Å². The van der Waals surface area contributed by atoms with Crippen LogP contribution in [0.15, 0.2) is 84.9 Å². The van der Waals surface area contributed by atoms with Crippen molar-refractivity contribution < 1.29 is 19.1 Å². The maximum atomic E-state index is 12.9. The minimum Gasteiger partial charge on any atom is -0.456 e. The number of carbonyl (C=O) groups excluding carboxylic acids is 3. The zero-order chi connectivity index (χ0) is 24.5. The molecule has 4 rings (SSSR count). The monoisotopic (exact) mass is 469 g/mol. The first-order valence-corrected chi connectivity index (χ1v) is 12.3. The third-order valence-corrected chi connectivity index (χ3v) is 6.56. The van der Waals surface area contributed by atoms with E-state index in [0.29, 0.717) is 17.0 Å². The summed E-state index contributed by atoms with van der Waals surface area (Å²) in [5.41, 5.74) is 3.12. The Morgan fingerprint density at radius 3 is 2.06 bits per heavy atom. The molecule has 0 unspecified atom stereocenters. The second kappa shape index (κ2) is 12.1. The van der Waals surface area contributed by atoms with Gasteiger partial charge in [0.15, 0.2) is 12.4 Å². The summed E-state index contributed by atoms with van der Waals surface area (Å²) >= 11 is 0. The van der Waals surface area contributed by atoms with Crippen LogP contribution in [0.3, 0.4) is 0 Å². The number of ether oxygens (including phenoxy) is 1. The first-order valence-electron chi connectivity index (χ1n) is 12.3. The summed E-state index contributed by atoms with van der Waals surface area (Å²) in [5.74, 6) is -0.697. The Morgan fingerprint density at radius 2 is 1.40 bits per heavy atom. The van der Waals surface area contributed by atoms with Crippen molar-refractivity contribution in [1.29, 1.82) is 0 Å². The van der Waals surface area contributed by atoms with Crippen molar-refractivity contribution in [3.63, 3.8) is 0 Å². The van der Waals surface area contributed by atoms with Crippen molar-refractivity contribution in [3.05, 3.63) is 107 Å². The highest BCUT2D eigenvalue weighted by Gasteiger charge is 2.24. The van der Waals surface area contributed by atoms with E-state index in [4.69, 9.17) is 4.74 Å². The van der Waals surface area contributed by atoms with Crippen LogP contribution in [0, 0.1) is 0 Å². The van der Waals surface area contributed by atoms with Gasteiger partial charge in [0.1, 0.15) is 6.04 Å². The van der Waals surface area contributed by atoms with Gasteiger partial charge in [-0.25, -0.2) is 4.79 Å². The molecule has 5 nitrogen and oxygen atoms in total. The van der Waals surface area contributed by atoms with E-state index in [0.717, 1.165) is 5.56 Å². The second-order valence-corrected chi connectivity index (χ2v) is 9.07. The molecular weight excluding hydrogens is 438 g/mol. The molecule has 3 aromatic carbocycles. The van der Waals surface area contributed by atoms with Gasteiger partial charge in [0.05, 0.1) is 0 Å². The van der Waals surface area contributed by atoms with Crippen LogP contribution in [0.5, 0.6) is 0 Å². The molecule has 1 aliphatic carbocycles. The SMILES string of the molecule is O=C(COC(=O)[C@H](Cc1ccccc1)NC(=O)c1ccccc1)c1ccc(C2CCCCC2)cc1. The summed E-state index contributed by atoms with van der Waals surface area (Å²) in [7, 11) is 0. The van der Waals surface area contributed by atoms with Crippen molar-refractivity contribution >= 4 is 17.7 Å². The van der Waals surface area contributed by atoms with Crippen LogP contribution in [-0.4, -0.2) is 30.3 Å². The molecule has 0 aromatic heterocycles. The zero-order valence-corrected chi connectivity index (χ0v) is 19.8. The van der Waals surface area contributed by atoms with Crippen LogP contribution in [0.25, 0.3) is 0 Å². The first-order chi connectivity index (χ1) is 17.1. The van der Waals surface area contributed by atoms with Crippen molar-refractivity contribution in [2.75, 3.05) is 6.61 Å². The maximum absolute atomic E-state index is 12.9. The molecule has 1 N–H and O–H groups in total. The molecule has 1 amide bonds. The minimum absolute atomic E-state index is 0.263. The Kier molecular flexibility index (Phi) is 8.44. The van der Waals surface area contributed by atoms with E-state index >= 15 is 0 Å². The Hall–Kier alpha value is -3.73. The van der Waals surface area contributed by atoms with E-state index in [9.17, 15) is 14.4 Å². The lowest BCUT2D eigenvalue weighted by molar-refractivity contribution is -0.144. The third-order valence-electron chi connectivity index (χ3n) is 6.56. The largest absolute Gasteiger partial charge is 0.456 e. The van der Waals surface area contributed by atoms with Crippen LogP contribution < -0.4 is 5.32 Å². The molecule has 0 aliphatic heterocycles. The highest BCUT2D eigenvalue weighted by atomic mass is 16.5. The number of hydrogen-bond acceptors (Lipinski definition) is 4. The third kappa shape index (κ3) is 6.89. The molecule has 1 saturated carbocycles. The molecule has 3 aromatic rings. The van der Waals surface area contributed by atoms with Crippen molar-refractivity contribution in [2.24, 2.45) is 0 Å². The number of hydrogen-bond donors (Lipinski definition) is 1. The fourth-order valence-electron chi connectivity index (χ4n) is 4.57. The fraction of sp³-hybridized carbons (Fsp3) is 0.300. The highest BCUT2D eigenvalue weighted by molar-refractivity contribution is 5.99. The molecule has 5 heteroatoms. The van der Waals surface area contributed by atoms with Crippen molar-refractivity contribution in [2.45, 2.75) is 50.5 Å². The molecule has 0 radical (unpaired) electrons. The predicted molar refractivity (Wildman–Crippen MR) is 135 cm³/mol. The van der Waals surface area contributed by atoms with Crippen LogP contribution in [-0.2, 0) is 16.0 Å². The first kappa shape index (κ1) is 24.4. The minimum atomic E-state index is -0.911. The van der Waals surface area contributed by atoms with Gasteiger partial charge < -0.3 is 10.1 Å². The van der Waals surface area contributed by atoms with Gasteiger partial charge in [0.2, 0.25) is 0 Å². The van der Waals surface area contributed by atoms with Gasteiger partial charge in [-0.2, -0.15) is 0 Å². The molecule has 1 atom stereocenters. The molecule has 1 fully saturated rings. The maximum Gasteiger partial charge on any atom is 0.329 e. The van der Waals surface area contributed by atoms with E-state index in [1.54, 1.807) is 24.3 Å². The summed E-state index contributed by atoms with van der Waals surface area (Å²) in [6, 6.07) is 24.9. The van der Waals surface area contributed by atoms with Gasteiger partial charge in [-0.3, -0.25) is 9.59 Å². The summed E-state index contributed by atoms with van der Waals surface area (Å²) in [6.45, 7) is -0.367. The van der Waals surface area contributed by atoms with Gasteiger partial charge in [-0.15, -0.1) is 0 Å². The number of amides is 1. The van der Waals surface area contributed by atoms with Gasteiger partial charge in [0, 0.05) is 17.5 Å². The molecule has 0 heterocycles. The van der Waals surface area contributed by atoms with Crippen LogP contribution in [0.4, 0.5) is 0 Å². The average molecular weight is 470 g/mol. The van der Waals surface area contributed by atoms with Gasteiger partial charge in [-0.1, -0.05) is 92.1 Å². The van der Waals surface area contributed by atoms with E-state index < -0.39 is 12.0 Å². The quantitative estimate of drug-likeness (QED) is 0.332. The van der Waals surface area contributed by atoms with Crippen molar-refractivity contribution in [1.82, 2.24) is 5.32 Å². The summed E-state index contributed by atoms with van der Waals surface area (Å²) in [4.78, 5) is 38.3. The number of benzene rings is 3. The van der Waals surface area contributed by atoms with E-state index in [-0.39, 0.29) is 24.7 Å². The fourth-order valence-corrected chi connectivity index (χ4v) is 4.57. The molecule has 0 saturated heterocycles. The Morgan fingerprint density at radius 1 is 0.771 bits per heavy atom. The Balaban J connectivity index is 1.38. The lowest BCUT2D eigenvalue weighted by atomic mass is 9.84. The molecule has 0 spiro atoms. The van der Waals surface area contributed by atoms with Gasteiger partial charge >= 0.3 is 5.97 Å². The number of Topliss-reactive ketones (excluding diaryl/α,β-unsaturated/α-hetero) is 1. The molecule has 180 valence electrons. The van der Waals surface area contributed by atoms with Gasteiger partial charge in [-0.05, 0) is 42.0 Å². The molecule has 0 bridgehead atoms. The zero-order valence-electron chi connectivity index (χ0n) is 19.8. The number of ketones is 1. The molecular formula is C30H31NO4. The van der Waals surface area contributed by atoms with E-state index in [2.05, 4.69) is 5.32 Å². The normalized spacial score (nSPS) is 14.6. The number of nitrogens with one attached hydrogen (secondary N) is 1. The summed E-state index contributed by atoms with van der Waals surface area (Å²) < 4.78 is 5.37. The smallest absolute Gasteiger partial charge is 0.329 e. The number of esters is 1. The standard InChI is InChI=1S/C30H31NO4/c32-28(25-18-16-24(17-19-25)23-12-6-2-7-13-23)21-35-30(34)27(20-22-10-4-1-5-11-22)31-29(33)26-14-8-3-9-15-26/h1,3-5,8-11,14-19,23,27H,2,6-7,12-13,20-21H2,(H,31,33)/t27-/m0/s1. The lowest BCUT2D eigenvalue weighted by Gasteiger charge is -2.22. The van der Waals surface area contributed by atoms with Crippen LogP contribution in [0.2, 0.25) is 0 Å². The van der Waals surface area contributed by atoms with Crippen LogP contribution >= 0.6 is 0 Å². The van der Waals surface area contributed by atoms with Gasteiger partial charge in [0.25, 0.3) is 5.91 Å². The topological polar surface area (TPSA) is 72.5 Å². The lowest BCUT2D eigenvalue weighted by Crippen LogP contribution is -2.43. The summed E-state index contributed by atoms with van der Waals surface area (Å²) in [5, 5.41) is 2.76. The average Bonchev–Trinajstić information content (AvgIpc) is 2.92. The highest BCUT2D eigenvalue weighted by Crippen LogP contribution is 2.32. The Bertz CT molecular complexity index is 1120. The molecule has 35 heavy (non-hydrogen) atoms. The summed E-state index contributed by atoms with van der Waals surface area (Å²) in [6.07, 6.45) is 6.47. The Labute approximate surface area is 206 Å². The number of carbonyl (C=O) groups is 3. The number of rotatable bonds is 9. The predicted octanol–water partition coefficient (Wildman–Crippen LogP) is 5.50. The van der Waals surface area contributed by atoms with E-state index in [1.807, 2.05) is 60.7 Å². The van der Waals surface area contributed by atoms with E-state index in [1.165, 1.54) is 37.7 Å². The van der Waals surface area contributed by atoms with Crippen molar-refractivity contribution in [3.8, 4) is 0 Å². The molecule has 1 aliphatic rings. The second-order valence-electron chi connectivity index (χ2n) is 9.07.